The molecule has 1 fully saturated rings. The normalized spacial score (nSPS) is 14.9. The van der Waals surface area contributed by atoms with Gasteiger partial charge >= 0.3 is 12.2 Å². The van der Waals surface area contributed by atoms with Crippen LogP contribution in [0.2, 0.25) is 0 Å². The maximum Gasteiger partial charge on any atom is 0.416 e. The molecule has 1 atom stereocenters. The first-order chi connectivity index (χ1) is 21.5. The summed E-state index contributed by atoms with van der Waals surface area (Å²) in [7, 11) is 0. The molecule has 1 aliphatic heterocycles. The van der Waals surface area contributed by atoms with Crippen LogP contribution in [-0.2, 0) is 17.4 Å². The number of carbonyl (C=O) groups is 2. The lowest BCUT2D eigenvalue weighted by Crippen LogP contribution is -2.30. The van der Waals surface area contributed by atoms with Crippen LogP contribution in [0.4, 0.5) is 35.2 Å². The number of aryl methyl sites for hydroxylation is 1. The van der Waals surface area contributed by atoms with E-state index in [1.807, 2.05) is 36.1 Å². The lowest BCUT2D eigenvalue weighted by atomic mass is 10.1. The fourth-order valence-corrected chi connectivity index (χ4v) is 5.51. The number of hydrogen-bond acceptors (Lipinski definition) is 6. The molecule has 230 valence electrons. The minimum Gasteiger partial charge on any atom is -0.383 e. The Labute approximate surface area is 256 Å². The molecule has 45 heavy (non-hydrogen) atoms. The zero-order chi connectivity index (χ0) is 31.7. The zero-order valence-corrected chi connectivity index (χ0v) is 24.2. The number of fused-ring (bicyclic) bond motifs is 1. The summed E-state index contributed by atoms with van der Waals surface area (Å²) in [6.45, 7) is 3.07. The fraction of sp³-hybridized carbons (Fsp3) is 0.219. The molecule has 3 amide bonds. The van der Waals surface area contributed by atoms with Gasteiger partial charge in [-0.1, -0.05) is 48.0 Å². The van der Waals surface area contributed by atoms with Crippen molar-refractivity contribution in [3.8, 4) is 11.3 Å². The molecule has 0 radical (unpaired) electrons. The van der Waals surface area contributed by atoms with Gasteiger partial charge in [-0.2, -0.15) is 18.3 Å². The summed E-state index contributed by atoms with van der Waals surface area (Å²) in [4.78, 5) is 36.0. The number of nitrogens with zero attached hydrogens (tertiary/aromatic N) is 5. The van der Waals surface area contributed by atoms with E-state index in [1.165, 1.54) is 18.5 Å². The first-order valence-electron chi connectivity index (χ1n) is 14.2. The second kappa shape index (κ2) is 11.9. The van der Waals surface area contributed by atoms with Gasteiger partial charge in [-0.25, -0.2) is 19.4 Å². The number of rotatable bonds is 6. The second-order valence-electron chi connectivity index (χ2n) is 10.9. The van der Waals surface area contributed by atoms with Crippen molar-refractivity contribution in [3.63, 3.8) is 0 Å². The van der Waals surface area contributed by atoms with Crippen LogP contribution in [0.3, 0.4) is 0 Å². The monoisotopic (exact) mass is 614 g/mol. The molecule has 1 aliphatic rings. The van der Waals surface area contributed by atoms with Crippen molar-refractivity contribution in [2.45, 2.75) is 32.0 Å². The van der Waals surface area contributed by atoms with Crippen LogP contribution in [0.25, 0.3) is 22.3 Å². The van der Waals surface area contributed by atoms with Crippen LogP contribution in [0.1, 0.15) is 29.2 Å². The molecule has 10 nitrogen and oxygen atoms in total. The van der Waals surface area contributed by atoms with E-state index in [0.29, 0.717) is 53.9 Å². The Kier molecular flexibility index (Phi) is 7.83. The van der Waals surface area contributed by atoms with Gasteiger partial charge in [0.25, 0.3) is 0 Å². The number of aromatic nitrogens is 4. The molecule has 0 bridgehead atoms. The maximum absolute atomic E-state index is 13.1. The van der Waals surface area contributed by atoms with Gasteiger partial charge in [0.05, 0.1) is 23.4 Å². The number of nitrogens with two attached hydrogens (primary N) is 1. The number of halogens is 3. The largest absolute Gasteiger partial charge is 0.416 e. The summed E-state index contributed by atoms with van der Waals surface area (Å²) >= 11 is 0. The minimum atomic E-state index is -4.52. The highest BCUT2D eigenvalue weighted by molar-refractivity contribution is 6.01. The fourth-order valence-electron chi connectivity index (χ4n) is 5.51. The third kappa shape index (κ3) is 6.42. The van der Waals surface area contributed by atoms with Crippen molar-refractivity contribution in [1.29, 1.82) is 0 Å². The number of urea groups is 1. The van der Waals surface area contributed by atoms with Gasteiger partial charge in [0, 0.05) is 30.0 Å². The number of benzene rings is 3. The Bertz CT molecular complexity index is 1890. The molecular formula is C32H29F3N8O2. The van der Waals surface area contributed by atoms with Crippen molar-refractivity contribution in [2.24, 2.45) is 0 Å². The second-order valence-corrected chi connectivity index (χ2v) is 10.9. The highest BCUT2D eigenvalue weighted by atomic mass is 19.4. The predicted molar refractivity (Wildman–Crippen MR) is 164 cm³/mol. The van der Waals surface area contributed by atoms with Gasteiger partial charge in [-0.3, -0.25) is 4.79 Å². The van der Waals surface area contributed by atoms with Gasteiger partial charge in [-0.15, -0.1) is 0 Å². The molecule has 1 saturated heterocycles. The number of nitrogens with one attached hydrogen (secondary N) is 2. The molecule has 0 unspecified atom stereocenters. The van der Waals surface area contributed by atoms with Crippen molar-refractivity contribution in [2.75, 3.05) is 29.5 Å². The zero-order valence-electron chi connectivity index (χ0n) is 24.2. The lowest BCUT2D eigenvalue weighted by molar-refractivity contribution is -0.137. The average Bonchev–Trinajstić information content (AvgIpc) is 3.64. The Hall–Kier alpha value is -5.46. The van der Waals surface area contributed by atoms with Crippen LogP contribution in [-0.4, -0.2) is 49.7 Å². The lowest BCUT2D eigenvalue weighted by Gasteiger charge is -2.17. The Morgan fingerprint density at radius 2 is 1.73 bits per heavy atom. The molecule has 4 N–H and O–H groups in total. The van der Waals surface area contributed by atoms with Crippen molar-refractivity contribution in [3.05, 3.63) is 95.8 Å². The van der Waals surface area contributed by atoms with Crippen LogP contribution >= 0.6 is 0 Å². The highest BCUT2D eigenvalue weighted by Crippen LogP contribution is 2.35. The summed E-state index contributed by atoms with van der Waals surface area (Å²) in [5.74, 6) is 0.309. The van der Waals surface area contributed by atoms with Crippen LogP contribution < -0.4 is 16.4 Å². The first kappa shape index (κ1) is 29.6. The molecule has 3 heterocycles. The van der Waals surface area contributed by atoms with E-state index >= 15 is 0 Å². The topological polar surface area (TPSA) is 131 Å². The van der Waals surface area contributed by atoms with E-state index in [1.54, 1.807) is 28.9 Å². The molecule has 0 aliphatic carbocycles. The molecule has 6 rings (SSSR count). The summed E-state index contributed by atoms with van der Waals surface area (Å²) in [6.07, 6.45) is -2.12. The summed E-state index contributed by atoms with van der Waals surface area (Å²) in [6, 6.07) is 18.3. The van der Waals surface area contributed by atoms with E-state index < -0.39 is 17.8 Å². The van der Waals surface area contributed by atoms with Crippen molar-refractivity contribution < 1.29 is 22.8 Å². The van der Waals surface area contributed by atoms with Gasteiger partial charge < -0.3 is 21.3 Å². The van der Waals surface area contributed by atoms with Crippen LogP contribution in [0.5, 0.6) is 0 Å². The summed E-state index contributed by atoms with van der Waals surface area (Å²) in [5, 5.41) is 10.5. The maximum atomic E-state index is 13.1. The molecule has 3 aromatic carbocycles. The van der Waals surface area contributed by atoms with Crippen LogP contribution in [0, 0.1) is 6.92 Å². The number of hydrogen-bond donors (Lipinski definition) is 3. The van der Waals surface area contributed by atoms with Gasteiger partial charge in [-0.05, 0) is 49.2 Å². The molecule has 0 saturated carbocycles. The molecule has 0 spiro atoms. The summed E-state index contributed by atoms with van der Waals surface area (Å²) < 4.78 is 40.8. The molecule has 13 heteroatoms. The standard InChI is InChI=1S/C32H29F3N8O2/c1-19-4-2-5-20(14-19)15-26(44)42-13-12-25(17-42)43-30-27(29(36)37-18-38-30)28(41-43)21-8-10-23(11-9-21)39-31(45)40-24-7-3-6-22(16-24)32(33,34)35/h2-11,14,16,18,25H,12-13,15,17H2,1H3,(H2,36,37,38)(H2,39,40,45)/t25-/m0/s1. The predicted octanol–water partition coefficient (Wildman–Crippen LogP) is 6.06. The van der Waals surface area contributed by atoms with E-state index in [0.717, 1.165) is 23.3 Å². The average molecular weight is 615 g/mol. The van der Waals surface area contributed by atoms with Crippen molar-refractivity contribution in [1.82, 2.24) is 24.6 Å². The number of carbonyl (C=O) groups excluding carboxylic acids is 2. The Morgan fingerprint density at radius 3 is 2.49 bits per heavy atom. The Morgan fingerprint density at radius 1 is 0.978 bits per heavy atom. The van der Waals surface area contributed by atoms with E-state index in [2.05, 4.69) is 20.6 Å². The number of anilines is 3. The van der Waals surface area contributed by atoms with E-state index in [-0.39, 0.29) is 23.5 Å². The quantitative estimate of drug-likeness (QED) is 0.213. The van der Waals surface area contributed by atoms with Crippen molar-refractivity contribution >= 4 is 40.2 Å². The molecule has 2 aromatic heterocycles. The highest BCUT2D eigenvalue weighted by Gasteiger charge is 2.32. The molecular weight excluding hydrogens is 585 g/mol. The third-order valence-corrected chi connectivity index (χ3v) is 7.68. The number of nitrogen functional groups attached to an aromatic ring is 1. The van der Waals surface area contributed by atoms with Gasteiger partial charge in [0.15, 0.2) is 5.65 Å². The minimum absolute atomic E-state index is 0.00812. The van der Waals surface area contributed by atoms with Gasteiger partial charge in [0.2, 0.25) is 5.91 Å². The number of likely N-dealkylation sites (tertiary alicyclic amines) is 1. The van der Waals surface area contributed by atoms with E-state index in [4.69, 9.17) is 10.8 Å². The third-order valence-electron chi connectivity index (χ3n) is 7.68. The smallest absolute Gasteiger partial charge is 0.383 e. The van der Waals surface area contributed by atoms with Gasteiger partial charge in [0.1, 0.15) is 17.8 Å². The summed E-state index contributed by atoms with van der Waals surface area (Å²) in [5.41, 5.74) is 9.71. The molecule has 5 aromatic rings. The SMILES string of the molecule is Cc1cccc(CC(=O)N2CC[C@H](n3nc(-c4ccc(NC(=O)Nc5cccc(C(F)(F)F)c5)cc4)c4c(N)ncnc43)C2)c1. The Balaban J connectivity index is 1.18. The van der Waals surface area contributed by atoms with E-state index in [9.17, 15) is 22.8 Å². The number of amides is 3. The van der Waals surface area contributed by atoms with Crippen LogP contribution in [0.15, 0.2) is 79.1 Å². The first-order valence-corrected chi connectivity index (χ1v) is 14.2. The number of alkyl halides is 3.